The predicted octanol–water partition coefficient (Wildman–Crippen LogP) is 13.3. The summed E-state index contributed by atoms with van der Waals surface area (Å²) < 4.78 is -28.7. The summed E-state index contributed by atoms with van der Waals surface area (Å²) in [5.41, 5.74) is 0. The Hall–Kier alpha value is 6.09. The Bertz CT molecular complexity index is 709. The Labute approximate surface area is 295 Å². The van der Waals surface area contributed by atoms with Gasteiger partial charge in [0.1, 0.15) is 0 Å². The predicted molar refractivity (Wildman–Crippen MR) is 161 cm³/mol. The quantitative estimate of drug-likeness (QED) is 0.202. The molecule has 0 saturated carbocycles. The molecule has 0 fully saturated rings. The monoisotopic (exact) mass is 883 g/mol. The maximum Gasteiger partial charge on any atom is 0.226 e. The molecule has 0 amide bonds. The summed E-state index contributed by atoms with van der Waals surface area (Å²) in [6.45, 7) is 1.46. The van der Waals surface area contributed by atoms with Crippen molar-refractivity contribution in [2.24, 2.45) is 0 Å². The summed E-state index contributed by atoms with van der Waals surface area (Å²) in [7, 11) is 0. The standard InChI is InChI=1S/C12H5Cl21/c1-2-3(13,14)4(15,16)5(17,18)6(19,20)7(21,22)8(23,24)9(25,26)10(27,28)11(29,30)12(31,32)33/h2H2,1H3. The maximum absolute atomic E-state index is 6.35. The van der Waals surface area contributed by atoms with E-state index in [1.165, 1.54) is 6.92 Å². The first-order chi connectivity index (χ1) is 13.8. The van der Waals surface area contributed by atoms with Gasteiger partial charge in [-0.15, -0.1) is 0 Å². The van der Waals surface area contributed by atoms with E-state index in [1.807, 2.05) is 0 Å². The Morgan fingerprint density at radius 1 is 0.303 bits per heavy atom. The molecule has 200 valence electrons. The third-order valence-electron chi connectivity index (χ3n) is 4.02. The van der Waals surface area contributed by atoms with Gasteiger partial charge in [-0.05, 0) is 6.42 Å². The van der Waals surface area contributed by atoms with Crippen molar-refractivity contribution in [1.29, 1.82) is 0 Å². The molecule has 0 heterocycles. The molecule has 0 unspecified atom stereocenters. The van der Waals surface area contributed by atoms with E-state index in [2.05, 4.69) is 0 Å². The average molecular weight is 894 g/mol. The number of hydrogen-bond donors (Lipinski definition) is 0. The van der Waals surface area contributed by atoms with Crippen LogP contribution in [0.5, 0.6) is 0 Å². The molecule has 0 N–H and O–H groups in total. The van der Waals surface area contributed by atoms with E-state index in [0.717, 1.165) is 0 Å². The van der Waals surface area contributed by atoms with Gasteiger partial charge in [-0.25, -0.2) is 0 Å². The van der Waals surface area contributed by atoms with Crippen LogP contribution in [0, 0.1) is 0 Å². The highest BCUT2D eigenvalue weighted by atomic mass is 35.6. The van der Waals surface area contributed by atoms with Gasteiger partial charge in [0.25, 0.3) is 0 Å². The summed E-state index contributed by atoms with van der Waals surface area (Å²) in [4.78, 5) is 0. The Morgan fingerprint density at radius 2 is 0.485 bits per heavy atom. The molecule has 0 radical (unpaired) electrons. The molecular weight excluding hydrogens is 889 g/mol. The third kappa shape index (κ3) is 6.11. The first kappa shape index (κ1) is 39.1. The highest BCUT2D eigenvalue weighted by Gasteiger charge is 2.83. The molecule has 21 heteroatoms. The van der Waals surface area contributed by atoms with Crippen molar-refractivity contribution >= 4 is 244 Å². The second-order valence-electron chi connectivity index (χ2n) is 6.15. The van der Waals surface area contributed by atoms with Gasteiger partial charge in [-0.3, -0.25) is 0 Å². The summed E-state index contributed by atoms with van der Waals surface area (Å²) in [5.74, 6) is 0. The van der Waals surface area contributed by atoms with E-state index >= 15 is 0 Å². The van der Waals surface area contributed by atoms with Crippen LogP contribution in [-0.4, -0.2) is 42.8 Å². The highest BCUT2D eigenvalue weighted by molar-refractivity contribution is 6.83. The molecule has 0 saturated heterocycles. The van der Waals surface area contributed by atoms with Gasteiger partial charge in [0.15, 0.2) is 34.7 Å². The van der Waals surface area contributed by atoms with Crippen molar-refractivity contribution in [3.8, 4) is 0 Å². The van der Waals surface area contributed by atoms with E-state index in [0.29, 0.717) is 0 Å². The molecule has 0 rings (SSSR count). The second kappa shape index (κ2) is 11.6. The van der Waals surface area contributed by atoms with Gasteiger partial charge in [-0.2, -0.15) is 0 Å². The normalized spacial score (nSPS) is 16.9. The minimum atomic E-state index is -3.16. The van der Waals surface area contributed by atoms with Crippen LogP contribution in [0.2, 0.25) is 0 Å². The number of halogens is 21. The molecule has 0 atom stereocenters. The largest absolute Gasteiger partial charge is 0.226 e. The molecule has 0 spiro atoms. The van der Waals surface area contributed by atoms with Crippen molar-refractivity contribution in [2.75, 3.05) is 0 Å². The van der Waals surface area contributed by atoms with Crippen LogP contribution in [0.15, 0.2) is 0 Å². The first-order valence-electron chi connectivity index (χ1n) is 7.28. The number of hydrogen-bond acceptors (Lipinski definition) is 0. The Morgan fingerprint density at radius 3 is 0.667 bits per heavy atom. The van der Waals surface area contributed by atoms with Crippen LogP contribution in [0.25, 0.3) is 0 Å². The van der Waals surface area contributed by atoms with Crippen LogP contribution in [0.1, 0.15) is 13.3 Å². The lowest BCUT2D eigenvalue weighted by Gasteiger charge is -2.56. The lowest BCUT2D eigenvalue weighted by molar-refractivity contribution is 0.425. The van der Waals surface area contributed by atoms with Crippen LogP contribution < -0.4 is 0 Å². The van der Waals surface area contributed by atoms with Gasteiger partial charge in [0.05, 0.1) is 0 Å². The van der Waals surface area contributed by atoms with Crippen molar-refractivity contribution in [1.82, 2.24) is 0 Å². The van der Waals surface area contributed by atoms with E-state index < -0.39 is 42.8 Å². The number of rotatable bonds is 9. The summed E-state index contributed by atoms with van der Waals surface area (Å²) >= 11 is 130. The van der Waals surface area contributed by atoms with Crippen LogP contribution in [0.3, 0.4) is 0 Å². The van der Waals surface area contributed by atoms with E-state index in [-0.39, 0.29) is 6.42 Å². The van der Waals surface area contributed by atoms with Gasteiger partial charge in [0, 0.05) is 0 Å². The maximum atomic E-state index is 6.35. The lowest BCUT2D eigenvalue weighted by Crippen LogP contribution is -2.72. The molecule has 0 aromatic heterocycles. The van der Waals surface area contributed by atoms with Crippen molar-refractivity contribution in [3.05, 3.63) is 0 Å². The van der Waals surface area contributed by atoms with Crippen LogP contribution >= 0.6 is 244 Å². The smallest absolute Gasteiger partial charge is 0.0982 e. The van der Waals surface area contributed by atoms with Gasteiger partial charge in [-0.1, -0.05) is 251 Å². The SMILES string of the molecule is CCC(Cl)(Cl)C(Cl)(Cl)C(Cl)(Cl)C(Cl)(Cl)C(Cl)(Cl)C(Cl)(Cl)C(Cl)(Cl)C(Cl)(Cl)C(Cl)(Cl)C(Cl)(Cl)Cl. The fraction of sp³-hybridized carbons (Fsp3) is 1.00. The van der Waals surface area contributed by atoms with Gasteiger partial charge in [0.2, 0.25) is 8.13 Å². The van der Waals surface area contributed by atoms with Crippen LogP contribution in [0.4, 0.5) is 0 Å². The lowest BCUT2D eigenvalue weighted by atomic mass is 9.99. The molecule has 0 bridgehead atoms. The molecule has 0 aromatic carbocycles. The zero-order valence-electron chi connectivity index (χ0n) is 14.6. The molecular formula is C12H5Cl21. The topological polar surface area (TPSA) is 0 Å². The Kier molecular flexibility index (Phi) is 13.8. The fourth-order valence-corrected chi connectivity index (χ4v) is 8.44. The molecule has 0 aliphatic carbocycles. The molecule has 0 aromatic rings. The summed E-state index contributed by atoms with van der Waals surface area (Å²) in [6.07, 6.45) is -0.149. The first-order valence-corrected chi connectivity index (χ1v) is 15.2. The molecule has 33 heavy (non-hydrogen) atoms. The molecule has 0 aliphatic heterocycles. The van der Waals surface area contributed by atoms with Crippen LogP contribution in [-0.2, 0) is 0 Å². The zero-order chi connectivity index (χ0) is 27.7. The zero-order valence-corrected chi connectivity index (χ0v) is 30.5. The second-order valence-corrected chi connectivity index (χ2v) is 20.5. The van der Waals surface area contributed by atoms with E-state index in [1.54, 1.807) is 0 Å². The van der Waals surface area contributed by atoms with Crippen molar-refractivity contribution in [2.45, 2.75) is 56.1 Å². The highest BCUT2D eigenvalue weighted by Crippen LogP contribution is 2.74. The van der Waals surface area contributed by atoms with Crippen molar-refractivity contribution in [3.63, 3.8) is 0 Å². The summed E-state index contributed by atoms with van der Waals surface area (Å²) in [6, 6.07) is 0. The minimum absolute atomic E-state index is 0.149. The third-order valence-corrected chi connectivity index (χ3v) is 18.8. The van der Waals surface area contributed by atoms with Gasteiger partial charge < -0.3 is 0 Å². The summed E-state index contributed by atoms with van der Waals surface area (Å²) in [5, 5.41) is 0. The molecule has 0 aliphatic rings. The van der Waals surface area contributed by atoms with E-state index in [4.69, 9.17) is 244 Å². The van der Waals surface area contributed by atoms with Crippen molar-refractivity contribution < 1.29 is 0 Å². The Balaban J connectivity index is 7.03. The average Bonchev–Trinajstić information content (AvgIpc) is 2.59. The van der Waals surface area contributed by atoms with Gasteiger partial charge >= 0.3 is 0 Å². The fourth-order valence-electron chi connectivity index (χ4n) is 1.81. The number of alkyl halides is 21. The molecule has 0 nitrogen and oxygen atoms in total. The van der Waals surface area contributed by atoms with E-state index in [9.17, 15) is 0 Å². The minimum Gasteiger partial charge on any atom is -0.0982 e.